The van der Waals surface area contributed by atoms with Crippen molar-refractivity contribution in [3.63, 3.8) is 0 Å². The topological polar surface area (TPSA) is 78.5 Å². The molecule has 0 aliphatic rings. The van der Waals surface area contributed by atoms with Crippen LogP contribution in [0, 0.1) is 0 Å². The molecule has 0 spiro atoms. The number of hydrogen-bond acceptors (Lipinski definition) is 5. The van der Waals surface area contributed by atoms with Gasteiger partial charge in [0.25, 0.3) is 0 Å². The molecule has 0 radical (unpaired) electrons. The molecule has 2 heterocycles. The Bertz CT molecular complexity index is 787. The van der Waals surface area contributed by atoms with Gasteiger partial charge in [0, 0.05) is 16.7 Å². The first-order chi connectivity index (χ1) is 10.2. The number of H-pyrrole nitrogens is 1. The average molecular weight is 368 g/mol. The second-order valence-corrected chi connectivity index (χ2v) is 5.57. The highest BCUT2D eigenvalue weighted by Gasteiger charge is 2.10. The summed E-state index contributed by atoms with van der Waals surface area (Å²) in [4.78, 5) is 8.82. The van der Waals surface area contributed by atoms with Crippen LogP contribution >= 0.6 is 27.5 Å². The van der Waals surface area contributed by atoms with E-state index in [1.165, 1.54) is 0 Å². The lowest BCUT2D eigenvalue weighted by Crippen LogP contribution is -2.04. The summed E-state index contributed by atoms with van der Waals surface area (Å²) in [5.41, 5.74) is 1.55. The SMILES string of the molecule is CCNc1nc(Nc2ccc(Cl)c(Br)c2)c2cn[nH]c2n1. The molecule has 3 rings (SSSR count). The number of fused-ring (bicyclic) bond motifs is 1. The predicted octanol–water partition coefficient (Wildman–Crippen LogP) is 3.94. The highest BCUT2D eigenvalue weighted by molar-refractivity contribution is 9.10. The second-order valence-electron chi connectivity index (χ2n) is 4.31. The molecule has 0 fully saturated rings. The molecular weight excluding hydrogens is 356 g/mol. The van der Waals surface area contributed by atoms with Crippen molar-refractivity contribution in [2.75, 3.05) is 17.2 Å². The number of rotatable bonds is 4. The highest BCUT2D eigenvalue weighted by atomic mass is 79.9. The van der Waals surface area contributed by atoms with Crippen LogP contribution in [0.25, 0.3) is 11.0 Å². The monoisotopic (exact) mass is 366 g/mol. The molecule has 6 nitrogen and oxygen atoms in total. The van der Waals surface area contributed by atoms with E-state index in [0.29, 0.717) is 22.4 Å². The van der Waals surface area contributed by atoms with Crippen LogP contribution in [-0.4, -0.2) is 26.7 Å². The zero-order chi connectivity index (χ0) is 14.8. The van der Waals surface area contributed by atoms with Crippen LogP contribution in [0.4, 0.5) is 17.5 Å². The minimum Gasteiger partial charge on any atom is -0.354 e. The molecule has 3 aromatic rings. The zero-order valence-corrected chi connectivity index (χ0v) is 13.5. The molecule has 1 aromatic carbocycles. The second kappa shape index (κ2) is 5.87. The molecule has 0 atom stereocenters. The molecule has 21 heavy (non-hydrogen) atoms. The van der Waals surface area contributed by atoms with Crippen molar-refractivity contribution in [3.05, 3.63) is 33.9 Å². The summed E-state index contributed by atoms with van der Waals surface area (Å²) in [6, 6.07) is 5.59. The maximum atomic E-state index is 6.00. The number of benzene rings is 1. The van der Waals surface area contributed by atoms with Crippen molar-refractivity contribution in [1.29, 1.82) is 0 Å². The Hall–Kier alpha value is -1.86. The molecule has 8 heteroatoms. The van der Waals surface area contributed by atoms with E-state index in [0.717, 1.165) is 22.1 Å². The lowest BCUT2D eigenvalue weighted by molar-refractivity contribution is 1.07. The van der Waals surface area contributed by atoms with Crippen LogP contribution in [0.5, 0.6) is 0 Å². The lowest BCUT2D eigenvalue weighted by Gasteiger charge is -2.09. The van der Waals surface area contributed by atoms with Gasteiger partial charge in [0.15, 0.2) is 5.65 Å². The molecule has 3 N–H and O–H groups in total. The normalized spacial score (nSPS) is 10.8. The molecule has 0 aliphatic carbocycles. The molecule has 108 valence electrons. The fourth-order valence-electron chi connectivity index (χ4n) is 1.88. The van der Waals surface area contributed by atoms with Crippen molar-refractivity contribution in [1.82, 2.24) is 20.2 Å². The Morgan fingerprint density at radius 3 is 2.95 bits per heavy atom. The number of hydrogen-bond donors (Lipinski definition) is 3. The van der Waals surface area contributed by atoms with Gasteiger partial charge in [-0.1, -0.05) is 11.6 Å². The van der Waals surface area contributed by atoms with E-state index in [2.05, 4.69) is 46.7 Å². The van der Waals surface area contributed by atoms with E-state index < -0.39 is 0 Å². The summed E-state index contributed by atoms with van der Waals surface area (Å²) in [6.45, 7) is 2.73. The Labute approximate surface area is 134 Å². The summed E-state index contributed by atoms with van der Waals surface area (Å²) < 4.78 is 0.818. The number of anilines is 3. The summed E-state index contributed by atoms with van der Waals surface area (Å²) in [5.74, 6) is 1.23. The minimum atomic E-state index is 0.546. The summed E-state index contributed by atoms with van der Waals surface area (Å²) >= 11 is 9.41. The number of aromatic amines is 1. The standard InChI is InChI=1S/C13H12BrClN6/c1-2-16-13-19-11(8-6-17-21-12(8)20-13)18-7-3-4-10(15)9(14)5-7/h3-6H,2H2,1H3,(H3,16,17,18,19,20,21). The van der Waals surface area contributed by atoms with Crippen molar-refractivity contribution >= 4 is 56.0 Å². The van der Waals surface area contributed by atoms with Crippen LogP contribution in [0.15, 0.2) is 28.9 Å². The van der Waals surface area contributed by atoms with Gasteiger partial charge in [0.1, 0.15) is 5.82 Å². The highest BCUT2D eigenvalue weighted by Crippen LogP contribution is 2.29. The minimum absolute atomic E-state index is 0.546. The van der Waals surface area contributed by atoms with E-state index in [1.54, 1.807) is 6.20 Å². The van der Waals surface area contributed by atoms with Gasteiger partial charge in [-0.05, 0) is 41.1 Å². The number of nitrogens with zero attached hydrogens (tertiary/aromatic N) is 3. The molecule has 2 aromatic heterocycles. The van der Waals surface area contributed by atoms with Gasteiger partial charge in [-0.25, -0.2) is 0 Å². The average Bonchev–Trinajstić information content (AvgIpc) is 2.92. The van der Waals surface area contributed by atoms with E-state index in [-0.39, 0.29) is 0 Å². The van der Waals surface area contributed by atoms with Crippen LogP contribution in [0.1, 0.15) is 6.92 Å². The van der Waals surface area contributed by atoms with Gasteiger partial charge in [-0.2, -0.15) is 15.1 Å². The van der Waals surface area contributed by atoms with Gasteiger partial charge in [0.2, 0.25) is 5.95 Å². The van der Waals surface area contributed by atoms with Crippen molar-refractivity contribution < 1.29 is 0 Å². The summed E-state index contributed by atoms with van der Waals surface area (Å²) in [6.07, 6.45) is 1.69. The third-order valence-electron chi connectivity index (χ3n) is 2.83. The van der Waals surface area contributed by atoms with Crippen LogP contribution in [0.2, 0.25) is 5.02 Å². The Morgan fingerprint density at radius 2 is 2.19 bits per heavy atom. The maximum absolute atomic E-state index is 6.00. The summed E-state index contributed by atoms with van der Waals surface area (Å²) in [7, 11) is 0. The molecule has 0 unspecified atom stereocenters. The van der Waals surface area contributed by atoms with Crippen LogP contribution in [0.3, 0.4) is 0 Å². The van der Waals surface area contributed by atoms with Gasteiger partial charge in [-0.3, -0.25) is 5.10 Å². The lowest BCUT2D eigenvalue weighted by atomic mass is 10.3. The van der Waals surface area contributed by atoms with Crippen molar-refractivity contribution in [2.24, 2.45) is 0 Å². The van der Waals surface area contributed by atoms with Crippen molar-refractivity contribution in [2.45, 2.75) is 6.92 Å². The third-order valence-corrected chi connectivity index (χ3v) is 4.04. The van der Waals surface area contributed by atoms with Crippen LogP contribution in [-0.2, 0) is 0 Å². The number of nitrogens with one attached hydrogen (secondary N) is 3. The summed E-state index contributed by atoms with van der Waals surface area (Å²) in [5, 5.41) is 14.7. The van der Waals surface area contributed by atoms with E-state index >= 15 is 0 Å². The fourth-order valence-corrected chi connectivity index (χ4v) is 2.37. The van der Waals surface area contributed by atoms with E-state index in [4.69, 9.17) is 11.6 Å². The van der Waals surface area contributed by atoms with E-state index in [9.17, 15) is 0 Å². The number of halogens is 2. The van der Waals surface area contributed by atoms with Crippen molar-refractivity contribution in [3.8, 4) is 0 Å². The molecule has 0 saturated heterocycles. The first-order valence-corrected chi connectivity index (χ1v) is 7.51. The molecule has 0 amide bonds. The Balaban J connectivity index is 2.01. The number of aromatic nitrogens is 4. The van der Waals surface area contributed by atoms with Gasteiger partial charge >= 0.3 is 0 Å². The smallest absolute Gasteiger partial charge is 0.226 e. The van der Waals surface area contributed by atoms with Crippen LogP contribution < -0.4 is 10.6 Å². The Morgan fingerprint density at radius 1 is 1.33 bits per heavy atom. The first-order valence-electron chi connectivity index (χ1n) is 6.34. The fraction of sp³-hybridized carbons (Fsp3) is 0.154. The first kappa shape index (κ1) is 14.1. The predicted molar refractivity (Wildman–Crippen MR) is 88.3 cm³/mol. The largest absolute Gasteiger partial charge is 0.354 e. The van der Waals surface area contributed by atoms with E-state index in [1.807, 2.05) is 25.1 Å². The third kappa shape index (κ3) is 2.93. The van der Waals surface area contributed by atoms with Gasteiger partial charge in [-0.15, -0.1) is 0 Å². The quantitative estimate of drug-likeness (QED) is 0.651. The molecule has 0 aliphatic heterocycles. The zero-order valence-electron chi connectivity index (χ0n) is 11.1. The Kier molecular flexibility index (Phi) is 3.94. The van der Waals surface area contributed by atoms with Gasteiger partial charge < -0.3 is 10.6 Å². The maximum Gasteiger partial charge on any atom is 0.226 e. The molecule has 0 saturated carbocycles. The molecular formula is C13H12BrClN6. The molecule has 0 bridgehead atoms. The van der Waals surface area contributed by atoms with Gasteiger partial charge in [0.05, 0.1) is 16.6 Å².